The van der Waals surface area contributed by atoms with Gasteiger partial charge in [-0.15, -0.1) is 0 Å². The molecule has 66 heavy (non-hydrogen) atoms. The molecule has 0 aromatic carbocycles. The molecule has 0 aromatic heterocycles. The van der Waals surface area contributed by atoms with Crippen molar-refractivity contribution >= 4 is 0 Å². The molecule has 0 aromatic rings. The van der Waals surface area contributed by atoms with Crippen molar-refractivity contribution in [2.75, 3.05) is 19.8 Å². The van der Waals surface area contributed by atoms with Gasteiger partial charge >= 0.3 is 0 Å². The predicted octanol–water partition coefficient (Wildman–Crippen LogP) is -1.61. The maximum atomic E-state index is 12.3. The summed E-state index contributed by atoms with van der Waals surface area (Å²) >= 11 is 0. The molecule has 8 aliphatic rings. The summed E-state index contributed by atoms with van der Waals surface area (Å²) in [6.45, 7) is 12.5. The van der Waals surface area contributed by atoms with Gasteiger partial charge in [0.05, 0.1) is 49.8 Å². The Labute approximate surface area is 386 Å². The lowest BCUT2D eigenvalue weighted by Gasteiger charge is -2.65. The van der Waals surface area contributed by atoms with Gasteiger partial charge in [0.2, 0.25) is 0 Å². The molecule has 382 valence electrons. The van der Waals surface area contributed by atoms with Gasteiger partial charge in [-0.2, -0.15) is 0 Å². The molecule has 5 aliphatic carbocycles. The van der Waals surface area contributed by atoms with E-state index in [0.29, 0.717) is 32.1 Å². The molecule has 8 rings (SSSR count). The second-order valence-electron chi connectivity index (χ2n) is 23.5. The van der Waals surface area contributed by atoms with Crippen LogP contribution in [0.1, 0.15) is 106 Å². The molecule has 13 N–H and O–H groups in total. The molecule has 5 saturated carbocycles. The van der Waals surface area contributed by atoms with Crippen LogP contribution in [-0.4, -0.2) is 202 Å². The van der Waals surface area contributed by atoms with Crippen molar-refractivity contribution in [3.63, 3.8) is 0 Å². The van der Waals surface area contributed by atoms with Gasteiger partial charge in [-0.05, 0) is 122 Å². The number of rotatable bonds is 13. The Kier molecular flexibility index (Phi) is 14.1. The zero-order valence-corrected chi connectivity index (χ0v) is 39.5. The molecule has 0 unspecified atom stereocenters. The summed E-state index contributed by atoms with van der Waals surface area (Å²) in [6.07, 6.45) is -17.3. The monoisotopic (exact) mass is 949 g/mol. The smallest absolute Gasteiger partial charge is 0.187 e. The Hall–Kier alpha value is -0.760. The molecular weight excluding hydrogens is 868 g/mol. The van der Waals surface area contributed by atoms with Crippen LogP contribution in [0.5, 0.6) is 0 Å². The van der Waals surface area contributed by atoms with Gasteiger partial charge in [-0.1, -0.05) is 34.6 Å². The lowest BCUT2D eigenvalue weighted by Crippen LogP contribution is -2.65. The van der Waals surface area contributed by atoms with E-state index >= 15 is 0 Å². The van der Waals surface area contributed by atoms with Crippen molar-refractivity contribution in [2.45, 2.75) is 222 Å². The number of hydrogen-bond acceptors (Lipinski definition) is 19. The average molecular weight is 949 g/mol. The van der Waals surface area contributed by atoms with Crippen LogP contribution in [-0.2, 0) is 28.4 Å². The van der Waals surface area contributed by atoms with Crippen molar-refractivity contribution < 1.29 is 94.8 Å². The van der Waals surface area contributed by atoms with Crippen LogP contribution in [0.25, 0.3) is 0 Å². The van der Waals surface area contributed by atoms with Crippen LogP contribution >= 0.6 is 0 Å². The predicted molar refractivity (Wildman–Crippen MR) is 228 cm³/mol. The Morgan fingerprint density at radius 3 is 1.85 bits per heavy atom. The highest BCUT2D eigenvalue weighted by Gasteiger charge is 2.85. The second-order valence-corrected chi connectivity index (χ2v) is 23.5. The van der Waals surface area contributed by atoms with E-state index in [1.54, 1.807) is 13.8 Å². The molecule has 0 amide bonds. The fraction of sp³-hybridized carbons (Fsp3) is 1.00. The largest absolute Gasteiger partial charge is 0.394 e. The molecule has 19 nitrogen and oxygen atoms in total. The summed E-state index contributed by atoms with van der Waals surface area (Å²) in [5.74, 6) is -0.463. The zero-order chi connectivity index (χ0) is 48.4. The Balaban J connectivity index is 1.07. The summed E-state index contributed by atoms with van der Waals surface area (Å²) in [6, 6.07) is 0. The molecule has 3 saturated heterocycles. The lowest BCUT2D eigenvalue weighted by molar-refractivity contribution is -0.338. The first-order chi connectivity index (χ1) is 30.7. The standard InChI is InChI=1S/C47H80O19/c1-20(8-9-28(43(4,5)60)66-41-37(59)34(56)32(54)25(17-49)64-41)29-21(50)15-45(7)26-14-23(62-40-36(58)33(55)31(53)24(16-48)63-40)38-42(2,3)27(65-39-35(57)30(52)22(51)18-61-39)10-11-47(38)19-46(26,47)13-12-44(29,45)6/h20-41,48-60H,8-19H2,1-7H3/t20-,21+,22-,23+,24-,25-,26+,27+,28+,29+,30-,31+,32+,33+,34+,35-,36-,37-,38+,39+,40-,41+,44-,45+,46+,47-/m1/s1. The molecule has 3 heterocycles. The minimum absolute atomic E-state index is 0.0220. The van der Waals surface area contributed by atoms with Crippen molar-refractivity contribution in [3.05, 3.63) is 0 Å². The second kappa shape index (κ2) is 18.1. The summed E-state index contributed by atoms with van der Waals surface area (Å²) in [5.41, 5.74) is -3.33. The lowest BCUT2D eigenvalue weighted by atomic mass is 9.41. The van der Waals surface area contributed by atoms with Gasteiger partial charge in [0.1, 0.15) is 67.1 Å². The van der Waals surface area contributed by atoms with Gasteiger partial charge < -0.3 is 94.8 Å². The van der Waals surface area contributed by atoms with Crippen molar-refractivity contribution in [2.24, 2.45) is 50.7 Å². The summed E-state index contributed by atoms with van der Waals surface area (Å²) in [7, 11) is 0. The average Bonchev–Trinajstić information content (AvgIpc) is 3.85. The van der Waals surface area contributed by atoms with E-state index in [1.165, 1.54) is 0 Å². The first kappa shape index (κ1) is 51.6. The highest BCUT2D eigenvalue weighted by molar-refractivity contribution is 5.33. The van der Waals surface area contributed by atoms with Crippen molar-refractivity contribution in [1.82, 2.24) is 0 Å². The molecule has 3 aliphatic heterocycles. The minimum Gasteiger partial charge on any atom is -0.394 e. The molecule has 8 fully saturated rings. The Bertz CT molecular complexity index is 1700. The zero-order valence-electron chi connectivity index (χ0n) is 39.5. The maximum absolute atomic E-state index is 12.3. The van der Waals surface area contributed by atoms with E-state index in [0.717, 1.165) is 25.7 Å². The molecule has 26 atom stereocenters. The SMILES string of the molecule is C[C@H](CC[C@H](O[C@@H]1O[C@H](CO)[C@H](O)[C@H](O)[C@H]1O)C(C)(C)O)[C@H]1[C@@H](O)C[C@@]2(C)[C@@H]3C[C@H](O[C@@H]4O[C@H](CO)[C@H](O)[C@H](O)[C@H]4O)[C@H]4C(C)(C)[C@@H](O[C@@H]5OC[C@@H](O)[C@@H](O)[C@H]5O)CC[C@@]45C[C@@]35CC[C@]12C. The van der Waals surface area contributed by atoms with Crippen LogP contribution < -0.4 is 0 Å². The van der Waals surface area contributed by atoms with Gasteiger partial charge in [0.15, 0.2) is 18.9 Å². The number of ether oxygens (including phenoxy) is 6. The van der Waals surface area contributed by atoms with Crippen LogP contribution in [0.4, 0.5) is 0 Å². The van der Waals surface area contributed by atoms with E-state index < -0.39 is 140 Å². The van der Waals surface area contributed by atoms with E-state index in [9.17, 15) is 66.4 Å². The number of aliphatic hydroxyl groups excluding tert-OH is 12. The molecule has 0 bridgehead atoms. The summed E-state index contributed by atoms with van der Waals surface area (Å²) < 4.78 is 36.9. The topological polar surface area (TPSA) is 318 Å². The Morgan fingerprint density at radius 2 is 1.24 bits per heavy atom. The number of aliphatic hydroxyl groups is 13. The van der Waals surface area contributed by atoms with E-state index in [2.05, 4.69) is 34.6 Å². The molecule has 19 heteroatoms. The Morgan fingerprint density at radius 1 is 0.652 bits per heavy atom. The van der Waals surface area contributed by atoms with Gasteiger partial charge in [0.25, 0.3) is 0 Å². The van der Waals surface area contributed by atoms with E-state index in [4.69, 9.17) is 28.4 Å². The van der Waals surface area contributed by atoms with Gasteiger partial charge in [-0.3, -0.25) is 0 Å². The van der Waals surface area contributed by atoms with Gasteiger partial charge in [0, 0.05) is 0 Å². The van der Waals surface area contributed by atoms with Crippen molar-refractivity contribution in [3.8, 4) is 0 Å². The highest BCUT2D eigenvalue weighted by atomic mass is 16.7. The van der Waals surface area contributed by atoms with E-state index in [1.807, 2.05) is 0 Å². The summed E-state index contributed by atoms with van der Waals surface area (Å²) in [4.78, 5) is 0. The van der Waals surface area contributed by atoms with Crippen LogP contribution in [0, 0.1) is 50.7 Å². The number of fused-ring (bicyclic) bond motifs is 2. The molecule has 2 spiro atoms. The first-order valence-electron chi connectivity index (χ1n) is 24.4. The fourth-order valence-electron chi connectivity index (χ4n) is 15.8. The minimum atomic E-state index is -1.65. The quantitative estimate of drug-likeness (QED) is 0.0924. The van der Waals surface area contributed by atoms with Crippen LogP contribution in [0.3, 0.4) is 0 Å². The third-order valence-corrected chi connectivity index (χ3v) is 19.4. The fourth-order valence-corrected chi connectivity index (χ4v) is 15.8. The normalized spacial score (nSPS) is 54.4. The first-order valence-corrected chi connectivity index (χ1v) is 24.4. The van der Waals surface area contributed by atoms with Gasteiger partial charge in [-0.25, -0.2) is 0 Å². The van der Waals surface area contributed by atoms with E-state index in [-0.39, 0.29) is 46.5 Å². The molecule has 0 radical (unpaired) electrons. The number of hydrogen-bond donors (Lipinski definition) is 13. The third-order valence-electron chi connectivity index (χ3n) is 19.4. The summed E-state index contributed by atoms with van der Waals surface area (Å²) in [5, 5.41) is 139. The highest BCUT2D eigenvalue weighted by Crippen LogP contribution is 2.89. The molecular formula is C47H80O19. The third kappa shape index (κ3) is 7.98. The van der Waals surface area contributed by atoms with Crippen LogP contribution in [0.2, 0.25) is 0 Å². The van der Waals surface area contributed by atoms with Crippen molar-refractivity contribution in [1.29, 1.82) is 0 Å². The maximum Gasteiger partial charge on any atom is 0.187 e. The van der Waals surface area contributed by atoms with Crippen LogP contribution in [0.15, 0.2) is 0 Å².